The Morgan fingerprint density at radius 2 is 2.13 bits per heavy atom. The summed E-state index contributed by atoms with van der Waals surface area (Å²) in [6.07, 6.45) is 1.36. The van der Waals surface area contributed by atoms with Crippen LogP contribution in [-0.4, -0.2) is 42.1 Å². The number of thiocarbonyl (C=S) groups is 1. The van der Waals surface area contributed by atoms with Gasteiger partial charge in [0.05, 0.1) is 11.6 Å². The Kier molecular flexibility index (Phi) is 7.25. The summed E-state index contributed by atoms with van der Waals surface area (Å²) >= 11 is 4.79. The molecule has 1 unspecified atom stereocenters. The van der Waals surface area contributed by atoms with E-state index in [2.05, 4.69) is 0 Å². The van der Waals surface area contributed by atoms with Crippen molar-refractivity contribution < 1.29 is 9.53 Å². The maximum absolute atomic E-state index is 11.5. The molecule has 0 heterocycles. The van der Waals surface area contributed by atoms with Crippen LogP contribution in [0.3, 0.4) is 0 Å². The van der Waals surface area contributed by atoms with Crippen LogP contribution in [0.15, 0.2) is 0 Å². The number of nitrogens with zero attached hydrogens (tertiary/aromatic N) is 1. The smallest absolute Gasteiger partial charge is 0.323 e. The Hall–Kier alpha value is -0.680. The lowest BCUT2D eigenvalue weighted by molar-refractivity contribution is -0.149. The molecule has 15 heavy (non-hydrogen) atoms. The van der Waals surface area contributed by atoms with Gasteiger partial charge in [-0.15, -0.1) is 0 Å². The summed E-state index contributed by atoms with van der Waals surface area (Å²) in [4.78, 5) is 13.9. The largest absolute Gasteiger partial charge is 0.465 e. The molecule has 0 aromatic carbocycles. The van der Waals surface area contributed by atoms with Crippen LogP contribution < -0.4 is 5.73 Å². The number of rotatable bonds is 7. The first-order valence-corrected chi connectivity index (χ1v) is 5.58. The zero-order valence-electron chi connectivity index (χ0n) is 9.66. The molecule has 4 nitrogen and oxygen atoms in total. The van der Waals surface area contributed by atoms with E-state index in [-0.39, 0.29) is 12.0 Å². The molecule has 0 amide bonds. The van der Waals surface area contributed by atoms with Crippen molar-refractivity contribution in [1.29, 1.82) is 0 Å². The SMILES string of the molecule is CCOC(=O)C(CC)N(C)CCC(N)=S. The van der Waals surface area contributed by atoms with Gasteiger partial charge in [0.25, 0.3) is 0 Å². The molecule has 88 valence electrons. The van der Waals surface area contributed by atoms with Gasteiger partial charge >= 0.3 is 5.97 Å². The van der Waals surface area contributed by atoms with Crippen molar-refractivity contribution in [2.45, 2.75) is 32.7 Å². The lowest BCUT2D eigenvalue weighted by Crippen LogP contribution is -2.40. The van der Waals surface area contributed by atoms with Crippen molar-refractivity contribution >= 4 is 23.2 Å². The molecule has 0 saturated heterocycles. The number of carbonyl (C=O) groups is 1. The minimum Gasteiger partial charge on any atom is -0.465 e. The summed E-state index contributed by atoms with van der Waals surface area (Å²) in [5, 5.41) is 0. The molecule has 1 atom stereocenters. The molecule has 0 bridgehead atoms. The summed E-state index contributed by atoms with van der Waals surface area (Å²) in [6, 6.07) is -0.195. The van der Waals surface area contributed by atoms with E-state index in [1.807, 2.05) is 18.9 Å². The summed E-state index contributed by atoms with van der Waals surface area (Å²) in [7, 11) is 1.88. The first-order chi connectivity index (χ1) is 7.02. The second-order valence-corrected chi connectivity index (χ2v) is 3.90. The zero-order valence-corrected chi connectivity index (χ0v) is 10.5. The number of esters is 1. The molecule has 0 aliphatic rings. The minimum absolute atomic E-state index is 0.176. The molecule has 0 aliphatic carbocycles. The van der Waals surface area contributed by atoms with Gasteiger partial charge < -0.3 is 10.5 Å². The Labute approximate surface area is 96.8 Å². The Morgan fingerprint density at radius 3 is 2.53 bits per heavy atom. The highest BCUT2D eigenvalue weighted by molar-refractivity contribution is 7.80. The van der Waals surface area contributed by atoms with Crippen LogP contribution in [0.1, 0.15) is 26.7 Å². The van der Waals surface area contributed by atoms with Crippen molar-refractivity contribution in [2.75, 3.05) is 20.2 Å². The highest BCUT2D eigenvalue weighted by Gasteiger charge is 2.21. The molecule has 0 radical (unpaired) electrons. The quantitative estimate of drug-likeness (QED) is 0.523. The summed E-state index contributed by atoms with van der Waals surface area (Å²) in [5.41, 5.74) is 5.41. The summed E-state index contributed by atoms with van der Waals surface area (Å²) in [5.74, 6) is -0.176. The standard InChI is InChI=1S/C10H20N2O2S/c1-4-8(10(13)14-5-2)12(3)7-6-9(11)15/h8H,4-7H2,1-3H3,(H2,11,15). The van der Waals surface area contributed by atoms with Gasteiger partial charge in [0.2, 0.25) is 0 Å². The summed E-state index contributed by atoms with van der Waals surface area (Å²) < 4.78 is 4.98. The van der Waals surface area contributed by atoms with E-state index in [1.54, 1.807) is 6.92 Å². The predicted octanol–water partition coefficient (Wildman–Crippen LogP) is 0.936. The second-order valence-electron chi connectivity index (χ2n) is 3.37. The van der Waals surface area contributed by atoms with Crippen LogP contribution in [0.25, 0.3) is 0 Å². The van der Waals surface area contributed by atoms with Gasteiger partial charge in [0.15, 0.2) is 0 Å². The van der Waals surface area contributed by atoms with Crippen LogP contribution in [0.5, 0.6) is 0 Å². The Bertz CT molecular complexity index is 221. The summed E-state index contributed by atoms with van der Waals surface area (Å²) in [6.45, 7) is 4.86. The maximum Gasteiger partial charge on any atom is 0.323 e. The van der Waals surface area contributed by atoms with Crippen LogP contribution in [-0.2, 0) is 9.53 Å². The van der Waals surface area contributed by atoms with E-state index >= 15 is 0 Å². The molecule has 0 saturated carbocycles. The lowest BCUT2D eigenvalue weighted by Gasteiger charge is -2.24. The van der Waals surface area contributed by atoms with E-state index < -0.39 is 0 Å². The predicted molar refractivity (Wildman–Crippen MR) is 64.7 cm³/mol. The van der Waals surface area contributed by atoms with Gasteiger partial charge in [-0.3, -0.25) is 9.69 Å². The van der Waals surface area contributed by atoms with Gasteiger partial charge in [0.1, 0.15) is 6.04 Å². The Morgan fingerprint density at radius 1 is 1.53 bits per heavy atom. The van der Waals surface area contributed by atoms with Crippen molar-refractivity contribution in [3.8, 4) is 0 Å². The number of ether oxygens (including phenoxy) is 1. The van der Waals surface area contributed by atoms with Crippen molar-refractivity contribution in [1.82, 2.24) is 4.90 Å². The van der Waals surface area contributed by atoms with Gasteiger partial charge in [-0.2, -0.15) is 0 Å². The molecule has 0 spiro atoms. The van der Waals surface area contributed by atoms with E-state index in [0.29, 0.717) is 24.6 Å². The normalized spacial score (nSPS) is 12.5. The number of nitrogens with two attached hydrogens (primary N) is 1. The van der Waals surface area contributed by atoms with Crippen LogP contribution >= 0.6 is 12.2 Å². The first-order valence-electron chi connectivity index (χ1n) is 5.18. The minimum atomic E-state index is -0.195. The van der Waals surface area contributed by atoms with Crippen LogP contribution in [0, 0.1) is 0 Å². The maximum atomic E-state index is 11.5. The third kappa shape index (κ3) is 5.69. The number of hydrogen-bond acceptors (Lipinski definition) is 4. The van der Waals surface area contributed by atoms with Gasteiger partial charge in [-0.25, -0.2) is 0 Å². The first kappa shape index (κ1) is 14.3. The lowest BCUT2D eigenvalue weighted by atomic mass is 10.2. The van der Waals surface area contributed by atoms with Crippen molar-refractivity contribution in [2.24, 2.45) is 5.73 Å². The molecule has 0 rings (SSSR count). The fourth-order valence-electron chi connectivity index (χ4n) is 1.34. The van der Waals surface area contributed by atoms with Gasteiger partial charge in [0, 0.05) is 13.0 Å². The molecule has 0 aromatic heterocycles. The number of likely N-dealkylation sites (N-methyl/N-ethyl adjacent to an activating group) is 1. The molecule has 5 heteroatoms. The van der Waals surface area contributed by atoms with Crippen LogP contribution in [0.4, 0.5) is 0 Å². The second kappa shape index (κ2) is 7.59. The van der Waals surface area contributed by atoms with Crippen molar-refractivity contribution in [3.63, 3.8) is 0 Å². The molecular formula is C10H20N2O2S. The molecule has 0 aliphatic heterocycles. The third-order valence-electron chi connectivity index (χ3n) is 2.19. The average molecular weight is 232 g/mol. The monoisotopic (exact) mass is 232 g/mol. The van der Waals surface area contributed by atoms with Gasteiger partial charge in [-0.05, 0) is 20.4 Å². The fraction of sp³-hybridized carbons (Fsp3) is 0.800. The molecule has 0 aromatic rings. The average Bonchev–Trinajstić information content (AvgIpc) is 2.16. The van der Waals surface area contributed by atoms with E-state index in [9.17, 15) is 4.79 Å². The topological polar surface area (TPSA) is 55.6 Å². The molecule has 2 N–H and O–H groups in total. The highest BCUT2D eigenvalue weighted by atomic mass is 32.1. The van der Waals surface area contributed by atoms with E-state index in [4.69, 9.17) is 22.7 Å². The zero-order chi connectivity index (χ0) is 11.8. The third-order valence-corrected chi connectivity index (χ3v) is 2.39. The number of hydrogen-bond donors (Lipinski definition) is 1. The molecule has 0 fully saturated rings. The van der Waals surface area contributed by atoms with Crippen molar-refractivity contribution in [3.05, 3.63) is 0 Å². The highest BCUT2D eigenvalue weighted by Crippen LogP contribution is 2.05. The van der Waals surface area contributed by atoms with Gasteiger partial charge in [-0.1, -0.05) is 19.1 Å². The number of carbonyl (C=O) groups excluding carboxylic acids is 1. The van der Waals surface area contributed by atoms with E-state index in [1.165, 1.54) is 0 Å². The Balaban J connectivity index is 4.14. The van der Waals surface area contributed by atoms with Crippen LogP contribution in [0.2, 0.25) is 0 Å². The fourth-order valence-corrected chi connectivity index (χ4v) is 1.43. The van der Waals surface area contributed by atoms with E-state index in [0.717, 1.165) is 6.42 Å². The molecular weight excluding hydrogens is 212 g/mol.